The van der Waals surface area contributed by atoms with Gasteiger partial charge in [0.2, 0.25) is 0 Å². The zero-order chi connectivity index (χ0) is 15.9. The maximum atomic E-state index is 12.1. The molecular weight excluding hydrogens is 348 g/mol. The van der Waals surface area contributed by atoms with Gasteiger partial charge in [0.25, 0.3) is 0 Å². The van der Waals surface area contributed by atoms with Gasteiger partial charge in [-0.3, -0.25) is 4.79 Å². The van der Waals surface area contributed by atoms with Crippen molar-refractivity contribution >= 4 is 33.8 Å². The summed E-state index contributed by atoms with van der Waals surface area (Å²) in [5.41, 5.74) is 1.33. The molecule has 0 atom stereocenters. The molecule has 5 heteroatoms. The van der Waals surface area contributed by atoms with Gasteiger partial charge in [-0.25, -0.2) is 4.79 Å². The number of carboxylic acid groups (broad SMARTS) is 1. The molecule has 0 aromatic heterocycles. The molecule has 0 bridgehead atoms. The number of carbonyl (C=O) groups excluding carboxylic acids is 1. The van der Waals surface area contributed by atoms with Crippen molar-refractivity contribution in [3.63, 3.8) is 0 Å². The van der Waals surface area contributed by atoms with E-state index in [0.29, 0.717) is 11.3 Å². The van der Waals surface area contributed by atoms with Crippen LogP contribution in [0.5, 0.6) is 5.75 Å². The second-order valence-electron chi connectivity index (χ2n) is 4.43. The number of ketones is 1. The Morgan fingerprint density at radius 2 is 1.91 bits per heavy atom. The average Bonchev–Trinajstić information content (AvgIpc) is 2.52. The molecule has 0 saturated carbocycles. The van der Waals surface area contributed by atoms with Crippen LogP contribution >= 0.6 is 15.9 Å². The molecule has 0 saturated heterocycles. The van der Waals surface area contributed by atoms with E-state index in [-0.39, 0.29) is 5.78 Å². The third-order valence-electron chi connectivity index (χ3n) is 2.80. The van der Waals surface area contributed by atoms with E-state index >= 15 is 0 Å². The van der Waals surface area contributed by atoms with E-state index in [2.05, 4.69) is 15.9 Å². The predicted octanol–water partition coefficient (Wildman–Crippen LogP) is 3.81. The van der Waals surface area contributed by atoms with E-state index in [1.165, 1.54) is 12.1 Å². The highest BCUT2D eigenvalue weighted by Crippen LogP contribution is 2.18. The van der Waals surface area contributed by atoms with E-state index in [1.807, 2.05) is 24.3 Å². The molecule has 0 fully saturated rings. The van der Waals surface area contributed by atoms with Crippen LogP contribution in [0.2, 0.25) is 0 Å². The van der Waals surface area contributed by atoms with Gasteiger partial charge in [0.1, 0.15) is 5.75 Å². The minimum atomic E-state index is -1.06. The Hall–Kier alpha value is -2.40. The summed E-state index contributed by atoms with van der Waals surface area (Å²) in [6.45, 7) is -0.440. The summed E-state index contributed by atoms with van der Waals surface area (Å²) in [6.07, 6.45) is 3.19. The molecule has 2 rings (SSSR count). The molecule has 22 heavy (non-hydrogen) atoms. The fraction of sp³-hybridized carbons (Fsp3) is 0.0588. The van der Waals surface area contributed by atoms with Crippen molar-refractivity contribution in [1.29, 1.82) is 0 Å². The van der Waals surface area contributed by atoms with Crippen LogP contribution in [-0.2, 0) is 4.79 Å². The predicted molar refractivity (Wildman–Crippen MR) is 87.1 cm³/mol. The molecule has 1 N–H and O–H groups in total. The van der Waals surface area contributed by atoms with Crippen molar-refractivity contribution < 1.29 is 19.4 Å². The van der Waals surface area contributed by atoms with Gasteiger partial charge in [-0.2, -0.15) is 0 Å². The summed E-state index contributed by atoms with van der Waals surface area (Å²) in [5.74, 6) is -0.898. The summed E-state index contributed by atoms with van der Waals surface area (Å²) in [5, 5.41) is 8.58. The number of aliphatic carboxylic acids is 1. The van der Waals surface area contributed by atoms with Gasteiger partial charge < -0.3 is 9.84 Å². The molecule has 0 aliphatic heterocycles. The molecule has 112 valence electrons. The summed E-state index contributed by atoms with van der Waals surface area (Å²) < 4.78 is 5.96. The number of ether oxygens (including phenoxy) is 1. The Morgan fingerprint density at radius 1 is 1.14 bits per heavy atom. The lowest BCUT2D eigenvalue weighted by atomic mass is 10.1. The van der Waals surface area contributed by atoms with Crippen molar-refractivity contribution in [3.8, 4) is 5.75 Å². The van der Waals surface area contributed by atoms with Gasteiger partial charge in [0.05, 0.1) is 0 Å². The van der Waals surface area contributed by atoms with Crippen molar-refractivity contribution in [3.05, 3.63) is 70.2 Å². The van der Waals surface area contributed by atoms with Crippen LogP contribution in [0.1, 0.15) is 15.9 Å². The highest BCUT2D eigenvalue weighted by atomic mass is 79.9. The summed E-state index contributed by atoms with van der Waals surface area (Å²) in [6, 6.07) is 14.0. The van der Waals surface area contributed by atoms with Crippen LogP contribution in [0.15, 0.2) is 59.1 Å². The van der Waals surface area contributed by atoms with Crippen LogP contribution < -0.4 is 4.74 Å². The van der Waals surface area contributed by atoms with Crippen LogP contribution in [0.3, 0.4) is 0 Å². The standard InChI is InChI=1S/C17H13BrO4/c18-15-7-2-1-4-12(15)8-9-16(19)13-5-3-6-14(10-13)22-11-17(20)21/h1-10H,11H2,(H,20,21)/b9-8+. The lowest BCUT2D eigenvalue weighted by molar-refractivity contribution is -0.139. The number of hydrogen-bond donors (Lipinski definition) is 1. The molecule has 0 unspecified atom stereocenters. The Kier molecular flexibility index (Phi) is 5.49. The number of rotatable bonds is 6. The molecule has 0 amide bonds. The highest BCUT2D eigenvalue weighted by molar-refractivity contribution is 9.10. The first-order valence-electron chi connectivity index (χ1n) is 6.48. The number of allylic oxidation sites excluding steroid dienone is 1. The second kappa shape index (κ2) is 7.56. The van der Waals surface area contributed by atoms with E-state index < -0.39 is 12.6 Å². The van der Waals surface area contributed by atoms with Crippen molar-refractivity contribution in [2.75, 3.05) is 6.61 Å². The van der Waals surface area contributed by atoms with Gasteiger partial charge in [0.15, 0.2) is 12.4 Å². The lowest BCUT2D eigenvalue weighted by Gasteiger charge is -2.04. The number of hydrogen-bond acceptors (Lipinski definition) is 3. The molecule has 2 aromatic rings. The fourth-order valence-corrected chi connectivity index (χ4v) is 2.17. The topological polar surface area (TPSA) is 63.6 Å². The molecule has 4 nitrogen and oxygen atoms in total. The maximum absolute atomic E-state index is 12.1. The zero-order valence-corrected chi connectivity index (χ0v) is 13.1. The van der Waals surface area contributed by atoms with Gasteiger partial charge in [-0.1, -0.05) is 46.3 Å². The van der Waals surface area contributed by atoms with Crippen molar-refractivity contribution in [2.45, 2.75) is 0 Å². The van der Waals surface area contributed by atoms with Gasteiger partial charge in [-0.05, 0) is 35.9 Å². The largest absolute Gasteiger partial charge is 0.482 e. The van der Waals surface area contributed by atoms with Crippen molar-refractivity contribution in [2.24, 2.45) is 0 Å². The normalized spacial score (nSPS) is 10.6. The molecular formula is C17H13BrO4. The minimum absolute atomic E-state index is 0.184. The molecule has 0 heterocycles. The van der Waals surface area contributed by atoms with Crippen LogP contribution in [0.4, 0.5) is 0 Å². The van der Waals surface area contributed by atoms with E-state index in [1.54, 1.807) is 24.3 Å². The van der Waals surface area contributed by atoms with Gasteiger partial charge in [0, 0.05) is 10.0 Å². The van der Waals surface area contributed by atoms with Crippen LogP contribution in [-0.4, -0.2) is 23.5 Å². The Bertz CT molecular complexity index is 722. The van der Waals surface area contributed by atoms with Gasteiger partial charge in [-0.15, -0.1) is 0 Å². The van der Waals surface area contributed by atoms with Gasteiger partial charge >= 0.3 is 5.97 Å². The van der Waals surface area contributed by atoms with E-state index in [0.717, 1.165) is 10.0 Å². The Labute approximate surface area is 136 Å². The molecule has 0 aliphatic rings. The summed E-state index contributed by atoms with van der Waals surface area (Å²) in [7, 11) is 0. The lowest BCUT2D eigenvalue weighted by Crippen LogP contribution is -2.09. The first-order chi connectivity index (χ1) is 10.6. The monoisotopic (exact) mass is 360 g/mol. The van der Waals surface area contributed by atoms with Crippen molar-refractivity contribution in [1.82, 2.24) is 0 Å². The third-order valence-corrected chi connectivity index (χ3v) is 3.52. The third kappa shape index (κ3) is 4.56. The molecule has 2 aromatic carbocycles. The molecule has 0 spiro atoms. The van der Waals surface area contributed by atoms with Crippen LogP contribution in [0, 0.1) is 0 Å². The minimum Gasteiger partial charge on any atom is -0.482 e. The summed E-state index contributed by atoms with van der Waals surface area (Å²) in [4.78, 5) is 22.6. The Balaban J connectivity index is 2.11. The molecule has 0 radical (unpaired) electrons. The summed E-state index contributed by atoms with van der Waals surface area (Å²) >= 11 is 3.41. The Morgan fingerprint density at radius 3 is 2.64 bits per heavy atom. The fourth-order valence-electron chi connectivity index (χ4n) is 1.76. The molecule has 0 aliphatic carbocycles. The average molecular weight is 361 g/mol. The second-order valence-corrected chi connectivity index (χ2v) is 5.28. The highest BCUT2D eigenvalue weighted by Gasteiger charge is 2.05. The number of carbonyl (C=O) groups is 2. The quantitative estimate of drug-likeness (QED) is 0.628. The smallest absolute Gasteiger partial charge is 0.341 e. The zero-order valence-electron chi connectivity index (χ0n) is 11.5. The van der Waals surface area contributed by atoms with Crippen LogP contribution in [0.25, 0.3) is 6.08 Å². The van der Waals surface area contributed by atoms with E-state index in [4.69, 9.17) is 9.84 Å². The first kappa shape index (κ1) is 16.0. The number of benzene rings is 2. The number of carboxylic acids is 1. The maximum Gasteiger partial charge on any atom is 0.341 e. The SMILES string of the molecule is O=C(O)COc1cccc(C(=O)/C=C/c2ccccc2Br)c1. The number of halogens is 1. The first-order valence-corrected chi connectivity index (χ1v) is 7.27. The van der Waals surface area contributed by atoms with E-state index in [9.17, 15) is 9.59 Å².